The first-order valence-corrected chi connectivity index (χ1v) is 15.0. The van der Waals surface area contributed by atoms with Crippen molar-refractivity contribution in [3.05, 3.63) is 105 Å². The molecule has 212 valence electrons. The van der Waals surface area contributed by atoms with Gasteiger partial charge in [0.05, 0.1) is 0 Å². The van der Waals surface area contributed by atoms with E-state index in [1.165, 1.54) is 5.56 Å². The Kier molecular flexibility index (Phi) is 10.3. The summed E-state index contributed by atoms with van der Waals surface area (Å²) in [5.41, 5.74) is 4.20. The van der Waals surface area contributed by atoms with Crippen LogP contribution in [-0.4, -0.2) is 28.8 Å². The molecule has 0 saturated heterocycles. The number of aryl methyl sites for hydroxylation is 1. The molecule has 3 aromatic carbocycles. The molecule has 1 fully saturated rings. The number of nitrogens with zero attached hydrogens (tertiary/aromatic N) is 1. The summed E-state index contributed by atoms with van der Waals surface area (Å²) < 4.78 is 0. The lowest BCUT2D eigenvalue weighted by Crippen LogP contribution is -2.52. The molecule has 1 unspecified atom stereocenters. The minimum Gasteiger partial charge on any atom is -0.352 e. The van der Waals surface area contributed by atoms with Crippen LogP contribution in [0.4, 0.5) is 0 Å². The standard InChI is InChI=1S/C34H40Cl2N2O2/c1-34(2,3)27-17-13-24(14-18-27)15-20-32(39)38(23-26-16-19-28(35)22-30(26)36)31(21-25-9-5-4-6-10-25)33(40)37-29-11-7-8-12-29/h4-6,9-10,13-14,16-19,22,29,31H,7-8,11-12,15,20-21,23H2,1-3H3,(H,37,40). The van der Waals surface area contributed by atoms with Crippen molar-refractivity contribution in [2.45, 2.75) is 89.8 Å². The Bertz CT molecular complexity index is 1280. The summed E-state index contributed by atoms with van der Waals surface area (Å²) in [6.45, 7) is 6.80. The Hall–Kier alpha value is -2.82. The predicted molar refractivity (Wildman–Crippen MR) is 165 cm³/mol. The molecule has 0 aliphatic heterocycles. The molecule has 4 rings (SSSR count). The monoisotopic (exact) mass is 578 g/mol. The van der Waals surface area contributed by atoms with E-state index < -0.39 is 6.04 Å². The van der Waals surface area contributed by atoms with Gasteiger partial charge >= 0.3 is 0 Å². The Balaban J connectivity index is 1.61. The zero-order chi connectivity index (χ0) is 28.7. The molecule has 1 aliphatic carbocycles. The van der Waals surface area contributed by atoms with Crippen LogP contribution in [-0.2, 0) is 34.4 Å². The molecular weight excluding hydrogens is 539 g/mol. The number of nitrogens with one attached hydrogen (secondary N) is 1. The third-order valence-corrected chi connectivity index (χ3v) is 8.36. The van der Waals surface area contributed by atoms with Gasteiger partial charge in [0, 0.05) is 35.5 Å². The first kappa shape index (κ1) is 30.1. The smallest absolute Gasteiger partial charge is 0.243 e. The SMILES string of the molecule is CC(C)(C)c1ccc(CCC(=O)N(Cc2ccc(Cl)cc2Cl)C(Cc2ccccc2)C(=O)NC2CCCC2)cc1. The van der Waals surface area contributed by atoms with Gasteiger partial charge < -0.3 is 10.2 Å². The topological polar surface area (TPSA) is 49.4 Å². The Morgan fingerprint density at radius 2 is 1.60 bits per heavy atom. The fourth-order valence-electron chi connectivity index (χ4n) is 5.32. The van der Waals surface area contributed by atoms with Gasteiger partial charge in [-0.2, -0.15) is 0 Å². The number of amides is 2. The Morgan fingerprint density at radius 1 is 0.925 bits per heavy atom. The highest BCUT2D eigenvalue weighted by Crippen LogP contribution is 2.26. The van der Waals surface area contributed by atoms with E-state index in [2.05, 4.69) is 50.4 Å². The van der Waals surface area contributed by atoms with Gasteiger partial charge in [-0.1, -0.05) is 117 Å². The number of carbonyl (C=O) groups excluding carboxylic acids is 2. The molecule has 40 heavy (non-hydrogen) atoms. The second-order valence-corrected chi connectivity index (χ2v) is 12.7. The van der Waals surface area contributed by atoms with Gasteiger partial charge in [-0.15, -0.1) is 0 Å². The Morgan fingerprint density at radius 3 is 2.23 bits per heavy atom. The molecule has 0 heterocycles. The van der Waals surface area contributed by atoms with E-state index in [4.69, 9.17) is 23.2 Å². The molecule has 0 spiro atoms. The van der Waals surface area contributed by atoms with Crippen LogP contribution >= 0.6 is 23.2 Å². The lowest BCUT2D eigenvalue weighted by Gasteiger charge is -2.32. The van der Waals surface area contributed by atoms with Crippen molar-refractivity contribution in [3.8, 4) is 0 Å². The predicted octanol–water partition coefficient (Wildman–Crippen LogP) is 7.92. The summed E-state index contributed by atoms with van der Waals surface area (Å²) in [5.74, 6) is -0.183. The van der Waals surface area contributed by atoms with Crippen LogP contribution < -0.4 is 5.32 Å². The van der Waals surface area contributed by atoms with E-state index in [0.717, 1.165) is 42.4 Å². The third-order valence-electron chi connectivity index (χ3n) is 7.78. The highest BCUT2D eigenvalue weighted by Gasteiger charge is 2.32. The fraction of sp³-hybridized carbons (Fsp3) is 0.412. The minimum absolute atomic E-state index is 0.0698. The van der Waals surface area contributed by atoms with Gasteiger partial charge in [-0.25, -0.2) is 0 Å². The molecule has 2 amide bonds. The van der Waals surface area contributed by atoms with E-state index in [1.54, 1.807) is 17.0 Å². The first-order chi connectivity index (χ1) is 19.1. The van der Waals surface area contributed by atoms with Gasteiger partial charge in [0.15, 0.2) is 0 Å². The molecule has 3 aromatic rings. The molecule has 1 aliphatic rings. The van der Waals surface area contributed by atoms with Crippen molar-refractivity contribution in [2.75, 3.05) is 0 Å². The van der Waals surface area contributed by atoms with Crippen molar-refractivity contribution in [2.24, 2.45) is 0 Å². The normalized spacial score (nSPS) is 14.6. The molecule has 0 radical (unpaired) electrons. The number of benzene rings is 3. The molecule has 0 aromatic heterocycles. The second kappa shape index (κ2) is 13.7. The summed E-state index contributed by atoms with van der Waals surface area (Å²) in [6.07, 6.45) is 5.50. The molecule has 1 N–H and O–H groups in total. The summed E-state index contributed by atoms with van der Waals surface area (Å²) in [4.78, 5) is 29.5. The zero-order valence-electron chi connectivity index (χ0n) is 23.8. The second-order valence-electron chi connectivity index (χ2n) is 11.9. The largest absolute Gasteiger partial charge is 0.352 e. The number of rotatable bonds is 10. The molecule has 1 atom stereocenters. The summed E-state index contributed by atoms with van der Waals surface area (Å²) in [7, 11) is 0. The first-order valence-electron chi connectivity index (χ1n) is 14.3. The average molecular weight is 580 g/mol. The van der Waals surface area contributed by atoms with E-state index in [0.29, 0.717) is 29.3 Å². The summed E-state index contributed by atoms with van der Waals surface area (Å²) in [6, 6.07) is 23.2. The molecular formula is C34H40Cl2N2O2. The van der Waals surface area contributed by atoms with Crippen molar-refractivity contribution in [3.63, 3.8) is 0 Å². The fourth-order valence-corrected chi connectivity index (χ4v) is 5.79. The number of hydrogen-bond donors (Lipinski definition) is 1. The summed E-state index contributed by atoms with van der Waals surface area (Å²) in [5, 5.41) is 4.27. The number of halogens is 2. The van der Waals surface area contributed by atoms with E-state index >= 15 is 0 Å². The maximum absolute atomic E-state index is 14.0. The zero-order valence-corrected chi connectivity index (χ0v) is 25.3. The molecule has 6 heteroatoms. The van der Waals surface area contributed by atoms with Gasteiger partial charge in [-0.3, -0.25) is 9.59 Å². The van der Waals surface area contributed by atoms with Gasteiger partial charge in [0.25, 0.3) is 0 Å². The molecule has 0 bridgehead atoms. The number of hydrogen-bond acceptors (Lipinski definition) is 2. The highest BCUT2D eigenvalue weighted by molar-refractivity contribution is 6.35. The lowest BCUT2D eigenvalue weighted by molar-refractivity contribution is -0.141. The molecule has 4 nitrogen and oxygen atoms in total. The molecule has 1 saturated carbocycles. The quantitative estimate of drug-likeness (QED) is 0.265. The maximum Gasteiger partial charge on any atom is 0.243 e. The van der Waals surface area contributed by atoms with Gasteiger partial charge in [-0.05, 0) is 59.1 Å². The summed E-state index contributed by atoms with van der Waals surface area (Å²) >= 11 is 12.7. The van der Waals surface area contributed by atoms with Crippen molar-refractivity contribution in [1.82, 2.24) is 10.2 Å². The van der Waals surface area contributed by atoms with Crippen LogP contribution in [0.2, 0.25) is 10.0 Å². The lowest BCUT2D eigenvalue weighted by atomic mass is 9.86. The van der Waals surface area contributed by atoms with Crippen molar-refractivity contribution in [1.29, 1.82) is 0 Å². The van der Waals surface area contributed by atoms with Crippen LogP contribution in [0.3, 0.4) is 0 Å². The Labute approximate surface area is 249 Å². The number of carbonyl (C=O) groups is 2. The highest BCUT2D eigenvalue weighted by atomic mass is 35.5. The minimum atomic E-state index is -0.662. The van der Waals surface area contributed by atoms with Crippen molar-refractivity contribution < 1.29 is 9.59 Å². The van der Waals surface area contributed by atoms with E-state index in [9.17, 15) is 9.59 Å². The van der Waals surface area contributed by atoms with Crippen LogP contribution in [0.25, 0.3) is 0 Å². The van der Waals surface area contributed by atoms with Crippen LogP contribution in [0.15, 0.2) is 72.8 Å². The van der Waals surface area contributed by atoms with Gasteiger partial charge in [0.2, 0.25) is 11.8 Å². The van der Waals surface area contributed by atoms with E-state index in [1.807, 2.05) is 36.4 Å². The maximum atomic E-state index is 14.0. The third kappa shape index (κ3) is 8.34. The average Bonchev–Trinajstić information content (AvgIpc) is 3.43. The van der Waals surface area contributed by atoms with E-state index in [-0.39, 0.29) is 29.8 Å². The van der Waals surface area contributed by atoms with Crippen LogP contribution in [0.1, 0.15) is 75.1 Å². The van der Waals surface area contributed by atoms with Gasteiger partial charge in [0.1, 0.15) is 6.04 Å². The van der Waals surface area contributed by atoms with Crippen molar-refractivity contribution >= 4 is 35.0 Å². The van der Waals surface area contributed by atoms with Crippen LogP contribution in [0, 0.1) is 0 Å². The van der Waals surface area contributed by atoms with Crippen LogP contribution in [0.5, 0.6) is 0 Å².